The molecule has 1 aliphatic heterocycles. The molecule has 1 saturated heterocycles. The molecule has 1 aliphatic rings. The number of aliphatic hydroxyl groups is 1. The molecule has 0 aliphatic carbocycles. The van der Waals surface area contributed by atoms with Gasteiger partial charge in [0.25, 0.3) is 0 Å². The highest BCUT2D eigenvalue weighted by molar-refractivity contribution is 7.50. The van der Waals surface area contributed by atoms with Gasteiger partial charge in [0, 0.05) is 13.8 Å². The molecule has 2 aromatic rings. The Morgan fingerprint density at radius 2 is 2.25 bits per heavy atom. The van der Waals surface area contributed by atoms with E-state index in [-0.39, 0.29) is 12.4 Å². The lowest BCUT2D eigenvalue weighted by Gasteiger charge is -2.28. The third kappa shape index (κ3) is 3.14. The predicted octanol–water partition coefficient (Wildman–Crippen LogP) is -1.12. The Bertz CT molecular complexity index is 778. The van der Waals surface area contributed by atoms with Crippen LogP contribution in [0.4, 0.5) is 5.82 Å². The van der Waals surface area contributed by atoms with Gasteiger partial charge in [-0.1, -0.05) is 0 Å². The van der Waals surface area contributed by atoms with Gasteiger partial charge in [-0.2, -0.15) is 0 Å². The Kier molecular flexibility index (Phi) is 4.56. The maximum Gasteiger partial charge on any atom is 0.167 e. The zero-order valence-corrected chi connectivity index (χ0v) is 13.9. The first-order valence-electron chi connectivity index (χ1n) is 7.04. The molecule has 0 radical (unpaired) electrons. The van der Waals surface area contributed by atoms with Crippen molar-refractivity contribution in [3.05, 3.63) is 12.7 Å². The number of aliphatic hydroxyl groups excluding tert-OH is 1. The zero-order valence-electron chi connectivity index (χ0n) is 13.0. The van der Waals surface area contributed by atoms with Crippen molar-refractivity contribution in [3.63, 3.8) is 0 Å². The predicted molar refractivity (Wildman–Crippen MR) is 79.9 cm³/mol. The van der Waals surface area contributed by atoms with E-state index in [1.807, 2.05) is 0 Å². The van der Waals surface area contributed by atoms with Gasteiger partial charge in [0.1, 0.15) is 37.8 Å². The van der Waals surface area contributed by atoms with Gasteiger partial charge < -0.3 is 34.3 Å². The molecular weight excluding hydrogens is 341 g/mol. The summed E-state index contributed by atoms with van der Waals surface area (Å²) in [5, 5.41) is 10.4. The molecule has 5 atom stereocenters. The highest BCUT2D eigenvalue weighted by Crippen LogP contribution is 2.42. The van der Waals surface area contributed by atoms with E-state index >= 15 is 0 Å². The van der Waals surface area contributed by atoms with Crippen LogP contribution < -0.4 is 10.6 Å². The number of hydrogen-bond acceptors (Lipinski definition) is 10. The molecule has 1 fully saturated rings. The Balaban J connectivity index is 2.01. The van der Waals surface area contributed by atoms with Crippen LogP contribution in [0.25, 0.3) is 11.2 Å². The molecule has 3 N–H and O–H groups in total. The van der Waals surface area contributed by atoms with E-state index in [0.29, 0.717) is 11.2 Å². The molecule has 0 spiro atoms. The second-order valence-electron chi connectivity index (χ2n) is 5.44. The molecule has 0 aromatic carbocycles. The molecule has 0 saturated carbocycles. The third-order valence-electron chi connectivity index (χ3n) is 3.62. The number of rotatable bonds is 5. The van der Waals surface area contributed by atoms with E-state index in [0.717, 1.165) is 6.66 Å². The lowest BCUT2D eigenvalue weighted by atomic mass is 10.1. The van der Waals surface area contributed by atoms with E-state index in [2.05, 4.69) is 15.0 Å². The van der Waals surface area contributed by atoms with Crippen LogP contribution in [0.3, 0.4) is 0 Å². The maximum atomic E-state index is 11.6. The summed E-state index contributed by atoms with van der Waals surface area (Å²) in [7, 11) is -2.69. The second kappa shape index (κ2) is 6.36. The van der Waals surface area contributed by atoms with Gasteiger partial charge in [0.05, 0.1) is 12.9 Å². The molecule has 24 heavy (non-hydrogen) atoms. The van der Waals surface area contributed by atoms with E-state index < -0.39 is 32.1 Å². The average molecular weight is 358 g/mol. The normalized spacial score (nSPS) is 29.8. The number of aromatic nitrogens is 4. The molecule has 12 heteroatoms. The first kappa shape index (κ1) is 17.2. The fraction of sp³-hybridized carbons (Fsp3) is 0.583. The van der Waals surface area contributed by atoms with Crippen LogP contribution in [0.15, 0.2) is 12.7 Å². The molecule has 2 unspecified atom stereocenters. The summed E-state index contributed by atoms with van der Waals surface area (Å²) in [6.07, 6.45) is -1.50. The van der Waals surface area contributed by atoms with Gasteiger partial charge in [-0.15, -0.1) is 0 Å². The Labute approximate surface area is 136 Å². The number of hydrogen-bond donors (Lipinski definition) is 2. The maximum absolute atomic E-state index is 11.6. The molecule has 0 bridgehead atoms. The van der Waals surface area contributed by atoms with E-state index in [4.69, 9.17) is 19.7 Å². The van der Waals surface area contributed by atoms with Crippen LogP contribution in [-0.4, -0.2) is 63.3 Å². The van der Waals surface area contributed by atoms with Crippen molar-refractivity contribution in [1.82, 2.24) is 19.5 Å². The number of nitrogens with zero attached hydrogens (tertiary/aromatic N) is 4. The molecule has 132 valence electrons. The quantitative estimate of drug-likeness (QED) is 0.627. The highest BCUT2D eigenvalue weighted by Gasteiger charge is 2.47. The van der Waals surface area contributed by atoms with Gasteiger partial charge in [0.15, 0.2) is 17.7 Å². The fourth-order valence-electron chi connectivity index (χ4n) is 2.64. The Morgan fingerprint density at radius 3 is 2.92 bits per heavy atom. The monoisotopic (exact) mass is 358 g/mol. The summed E-state index contributed by atoms with van der Waals surface area (Å²) in [5.74, 6) is 0.174. The van der Waals surface area contributed by atoms with Crippen molar-refractivity contribution in [3.8, 4) is 0 Å². The SMILES string of the molecule is COC[C@H]1OC(n2cnc3c(N)ncnc32)[C@H](OP(C)(=O)[O-])[C@@H]1O. The van der Waals surface area contributed by atoms with E-state index in [9.17, 15) is 14.6 Å². The minimum Gasteiger partial charge on any atom is -0.779 e. The first-order valence-corrected chi connectivity index (χ1v) is 9.03. The van der Waals surface area contributed by atoms with Crippen molar-refractivity contribution in [2.45, 2.75) is 24.5 Å². The minimum atomic E-state index is -4.13. The summed E-state index contributed by atoms with van der Waals surface area (Å²) in [6, 6.07) is 0. The Morgan fingerprint density at radius 1 is 1.50 bits per heavy atom. The largest absolute Gasteiger partial charge is 0.779 e. The summed E-state index contributed by atoms with van der Waals surface area (Å²) < 4.78 is 28.8. The van der Waals surface area contributed by atoms with Gasteiger partial charge in [-0.25, -0.2) is 15.0 Å². The van der Waals surface area contributed by atoms with Crippen LogP contribution in [0.1, 0.15) is 6.23 Å². The topological polar surface area (TPSA) is 158 Å². The third-order valence-corrected chi connectivity index (χ3v) is 4.24. The number of nitrogens with two attached hydrogens (primary N) is 1. The number of anilines is 1. The van der Waals surface area contributed by atoms with E-state index in [1.54, 1.807) is 0 Å². The summed E-state index contributed by atoms with van der Waals surface area (Å²) in [4.78, 5) is 23.6. The lowest BCUT2D eigenvalue weighted by molar-refractivity contribution is -0.205. The first-order chi connectivity index (χ1) is 11.3. The number of nitrogen functional groups attached to an aromatic ring is 1. The fourth-order valence-corrected chi connectivity index (χ4v) is 3.31. The number of fused-ring (bicyclic) bond motifs is 1. The highest BCUT2D eigenvalue weighted by atomic mass is 31.2. The number of imidazole rings is 1. The lowest BCUT2D eigenvalue weighted by Crippen LogP contribution is -2.36. The van der Waals surface area contributed by atoms with Crippen molar-refractivity contribution in [2.24, 2.45) is 0 Å². The molecule has 11 nitrogen and oxygen atoms in total. The van der Waals surface area contributed by atoms with Gasteiger partial charge in [0.2, 0.25) is 0 Å². The number of ether oxygens (including phenoxy) is 2. The van der Waals surface area contributed by atoms with Gasteiger partial charge in [-0.3, -0.25) is 4.57 Å². The van der Waals surface area contributed by atoms with Crippen LogP contribution in [0.2, 0.25) is 0 Å². The number of methoxy groups -OCH3 is 1. The van der Waals surface area contributed by atoms with Crippen molar-refractivity contribution in [2.75, 3.05) is 26.1 Å². The van der Waals surface area contributed by atoms with Gasteiger partial charge in [-0.05, 0) is 0 Å². The Hall–Kier alpha value is -1.62. The van der Waals surface area contributed by atoms with E-state index in [1.165, 1.54) is 24.3 Å². The summed E-state index contributed by atoms with van der Waals surface area (Å²) in [6.45, 7) is 0.987. The summed E-state index contributed by atoms with van der Waals surface area (Å²) in [5.41, 5.74) is 6.42. The van der Waals surface area contributed by atoms with Crippen LogP contribution in [0.5, 0.6) is 0 Å². The van der Waals surface area contributed by atoms with Crippen LogP contribution in [-0.2, 0) is 18.6 Å². The van der Waals surface area contributed by atoms with Crippen molar-refractivity contribution in [1.29, 1.82) is 0 Å². The second-order valence-corrected chi connectivity index (χ2v) is 7.19. The molecular formula is C12H17N5O6P-. The van der Waals surface area contributed by atoms with Crippen molar-refractivity contribution < 1.29 is 28.6 Å². The van der Waals surface area contributed by atoms with Crippen LogP contribution >= 0.6 is 7.60 Å². The minimum absolute atomic E-state index is 0.0636. The molecule has 3 heterocycles. The average Bonchev–Trinajstić information content (AvgIpc) is 3.04. The van der Waals surface area contributed by atoms with Crippen molar-refractivity contribution >= 4 is 24.6 Å². The van der Waals surface area contributed by atoms with Gasteiger partial charge >= 0.3 is 0 Å². The summed E-state index contributed by atoms with van der Waals surface area (Å²) >= 11 is 0. The smallest absolute Gasteiger partial charge is 0.167 e. The van der Waals surface area contributed by atoms with Crippen LogP contribution in [0, 0.1) is 0 Å². The molecule has 0 amide bonds. The standard InChI is InChI=1S/C12H18N5O6P/c1-21-3-6-8(18)9(23-24(2,19)20)12(22-6)17-5-16-7-10(13)14-4-15-11(7)17/h4-6,8-9,12,18H,3H2,1-2H3,(H,19,20)(H2,13,14,15)/p-1/t6-,8-,9-,12?/m1/s1. The zero-order chi connectivity index (χ0) is 17.5. The molecule has 2 aromatic heterocycles. The molecule has 3 rings (SSSR count).